The molecular weight excluding hydrogens is 378 g/mol. The molecule has 1 N–H and O–H groups in total. The number of furan rings is 1. The molecule has 0 bridgehead atoms. The standard InChI is InChI=1S/C24H29N3O3/c1-3-26-11-13-27(14-12-26)17-20-8-5-4-7-19(20)16-25-24(28)22-15-18-9-6-10-21(29-2)23(18)30-22/h4-10,15H,3,11-14,16-17H2,1-2H3,(H,25,28). The lowest BCUT2D eigenvalue weighted by atomic mass is 10.1. The molecule has 1 aliphatic heterocycles. The first-order valence-corrected chi connectivity index (χ1v) is 10.5. The molecule has 2 heterocycles. The largest absolute Gasteiger partial charge is 0.493 e. The van der Waals surface area contributed by atoms with Gasteiger partial charge in [0.05, 0.1) is 7.11 Å². The van der Waals surface area contributed by atoms with E-state index >= 15 is 0 Å². The highest BCUT2D eigenvalue weighted by Crippen LogP contribution is 2.28. The molecule has 6 nitrogen and oxygen atoms in total. The summed E-state index contributed by atoms with van der Waals surface area (Å²) in [6.07, 6.45) is 0. The lowest BCUT2D eigenvalue weighted by molar-refractivity contribution is 0.0925. The Morgan fingerprint density at radius 1 is 1.03 bits per heavy atom. The van der Waals surface area contributed by atoms with Gasteiger partial charge in [-0.15, -0.1) is 0 Å². The molecule has 0 radical (unpaired) electrons. The number of amides is 1. The SMILES string of the molecule is CCN1CCN(Cc2ccccc2CNC(=O)c2cc3cccc(OC)c3o2)CC1. The maximum atomic E-state index is 12.7. The van der Waals surface area contributed by atoms with Crippen molar-refractivity contribution in [3.8, 4) is 5.75 Å². The van der Waals surface area contributed by atoms with Gasteiger partial charge >= 0.3 is 0 Å². The van der Waals surface area contributed by atoms with Crippen molar-refractivity contribution in [1.82, 2.24) is 15.1 Å². The van der Waals surface area contributed by atoms with Gasteiger partial charge in [-0.3, -0.25) is 9.69 Å². The molecule has 0 aliphatic carbocycles. The molecule has 6 heteroatoms. The van der Waals surface area contributed by atoms with Crippen molar-refractivity contribution in [2.45, 2.75) is 20.0 Å². The molecule has 0 unspecified atom stereocenters. The van der Waals surface area contributed by atoms with Gasteiger partial charge in [-0.1, -0.05) is 43.3 Å². The Hall–Kier alpha value is -2.83. The van der Waals surface area contributed by atoms with Gasteiger partial charge in [-0.2, -0.15) is 0 Å². The Morgan fingerprint density at radius 3 is 2.50 bits per heavy atom. The first-order valence-electron chi connectivity index (χ1n) is 10.5. The lowest BCUT2D eigenvalue weighted by Crippen LogP contribution is -2.45. The normalized spacial score (nSPS) is 15.4. The lowest BCUT2D eigenvalue weighted by Gasteiger charge is -2.34. The van der Waals surface area contributed by atoms with Crippen LogP contribution in [-0.2, 0) is 13.1 Å². The molecule has 4 rings (SSSR count). The number of hydrogen-bond acceptors (Lipinski definition) is 5. The van der Waals surface area contributed by atoms with Crippen molar-refractivity contribution >= 4 is 16.9 Å². The van der Waals surface area contributed by atoms with E-state index in [-0.39, 0.29) is 5.91 Å². The van der Waals surface area contributed by atoms with Gasteiger partial charge in [0.2, 0.25) is 0 Å². The average molecular weight is 408 g/mol. The second kappa shape index (κ2) is 9.32. The van der Waals surface area contributed by atoms with Crippen LogP contribution in [0, 0.1) is 0 Å². The Labute approximate surface area is 177 Å². The monoisotopic (exact) mass is 407 g/mol. The van der Waals surface area contributed by atoms with Crippen LogP contribution in [0.4, 0.5) is 0 Å². The Kier molecular flexibility index (Phi) is 6.35. The number of fused-ring (bicyclic) bond motifs is 1. The molecule has 3 aromatic rings. The number of benzene rings is 2. The molecule has 2 aromatic carbocycles. The number of carbonyl (C=O) groups excluding carboxylic acids is 1. The highest BCUT2D eigenvalue weighted by Gasteiger charge is 2.18. The van der Waals surface area contributed by atoms with E-state index in [4.69, 9.17) is 9.15 Å². The molecular formula is C24H29N3O3. The fourth-order valence-electron chi connectivity index (χ4n) is 3.96. The van der Waals surface area contributed by atoms with Gasteiger partial charge < -0.3 is 19.4 Å². The minimum Gasteiger partial charge on any atom is -0.493 e. The van der Waals surface area contributed by atoms with E-state index in [2.05, 4.69) is 40.2 Å². The van der Waals surface area contributed by atoms with Gasteiger partial charge in [0.25, 0.3) is 5.91 Å². The van der Waals surface area contributed by atoms with Crippen molar-refractivity contribution in [2.24, 2.45) is 0 Å². The van der Waals surface area contributed by atoms with Crippen molar-refractivity contribution in [2.75, 3.05) is 39.8 Å². The summed E-state index contributed by atoms with van der Waals surface area (Å²) in [6.45, 7) is 9.10. The van der Waals surface area contributed by atoms with E-state index in [1.807, 2.05) is 24.3 Å². The molecule has 1 fully saturated rings. The summed E-state index contributed by atoms with van der Waals surface area (Å²) >= 11 is 0. The van der Waals surface area contributed by atoms with Crippen LogP contribution in [0.3, 0.4) is 0 Å². The summed E-state index contributed by atoms with van der Waals surface area (Å²) in [4.78, 5) is 17.7. The van der Waals surface area contributed by atoms with Gasteiger partial charge in [0.15, 0.2) is 17.1 Å². The molecule has 0 atom stereocenters. The minimum atomic E-state index is -0.223. The predicted molar refractivity (Wildman–Crippen MR) is 118 cm³/mol. The van der Waals surface area contributed by atoms with Crippen LogP contribution in [0.15, 0.2) is 52.9 Å². The second-order valence-corrected chi connectivity index (χ2v) is 7.65. The number of carbonyl (C=O) groups is 1. The van der Waals surface area contributed by atoms with Crippen molar-refractivity contribution < 1.29 is 13.9 Å². The number of hydrogen-bond donors (Lipinski definition) is 1. The second-order valence-electron chi connectivity index (χ2n) is 7.65. The van der Waals surface area contributed by atoms with Crippen LogP contribution in [-0.4, -0.2) is 55.5 Å². The van der Waals surface area contributed by atoms with Gasteiger partial charge in [-0.25, -0.2) is 0 Å². The maximum absolute atomic E-state index is 12.7. The number of piperazine rings is 1. The molecule has 0 saturated carbocycles. The zero-order chi connectivity index (χ0) is 20.9. The Morgan fingerprint density at radius 2 is 1.77 bits per heavy atom. The van der Waals surface area contributed by atoms with Crippen molar-refractivity contribution in [3.05, 3.63) is 65.4 Å². The maximum Gasteiger partial charge on any atom is 0.287 e. The molecule has 1 saturated heterocycles. The van der Waals surface area contributed by atoms with E-state index in [1.54, 1.807) is 13.2 Å². The van der Waals surface area contributed by atoms with Gasteiger partial charge in [0, 0.05) is 44.7 Å². The first kappa shape index (κ1) is 20.4. The molecule has 0 spiro atoms. The summed E-state index contributed by atoms with van der Waals surface area (Å²) < 4.78 is 11.1. The third kappa shape index (κ3) is 4.50. The number of likely N-dealkylation sites (N-methyl/N-ethyl adjacent to an activating group) is 1. The molecule has 158 valence electrons. The Bertz CT molecular complexity index is 1010. The number of nitrogens with one attached hydrogen (secondary N) is 1. The highest BCUT2D eigenvalue weighted by molar-refractivity contribution is 5.97. The van der Waals surface area contributed by atoms with E-state index in [9.17, 15) is 4.79 Å². The number of rotatable bonds is 7. The third-order valence-corrected chi connectivity index (χ3v) is 5.82. The van der Waals surface area contributed by atoms with E-state index in [1.165, 1.54) is 5.56 Å². The van der Waals surface area contributed by atoms with Gasteiger partial charge in [0.1, 0.15) is 0 Å². The fraction of sp³-hybridized carbons (Fsp3) is 0.375. The van der Waals surface area contributed by atoms with Crippen LogP contribution in [0.5, 0.6) is 5.75 Å². The van der Waals surface area contributed by atoms with E-state index < -0.39 is 0 Å². The van der Waals surface area contributed by atoms with Crippen LogP contribution in [0.2, 0.25) is 0 Å². The fourth-order valence-corrected chi connectivity index (χ4v) is 3.96. The van der Waals surface area contributed by atoms with Crippen LogP contribution < -0.4 is 10.1 Å². The zero-order valence-electron chi connectivity index (χ0n) is 17.7. The summed E-state index contributed by atoms with van der Waals surface area (Å²) in [7, 11) is 1.59. The number of nitrogens with zero attached hydrogens (tertiary/aromatic N) is 2. The summed E-state index contributed by atoms with van der Waals surface area (Å²) in [5, 5.41) is 3.86. The molecule has 1 amide bonds. The quantitative estimate of drug-likeness (QED) is 0.650. The van der Waals surface area contributed by atoms with Crippen LogP contribution in [0.25, 0.3) is 11.0 Å². The summed E-state index contributed by atoms with van der Waals surface area (Å²) in [5.41, 5.74) is 2.99. The number of ether oxygens (including phenoxy) is 1. The predicted octanol–water partition coefficient (Wildman–Crippen LogP) is 3.51. The number of para-hydroxylation sites is 1. The van der Waals surface area contributed by atoms with Crippen LogP contribution in [0.1, 0.15) is 28.6 Å². The van der Waals surface area contributed by atoms with E-state index in [0.717, 1.165) is 50.2 Å². The summed E-state index contributed by atoms with van der Waals surface area (Å²) in [6, 6.07) is 15.7. The highest BCUT2D eigenvalue weighted by atomic mass is 16.5. The third-order valence-electron chi connectivity index (χ3n) is 5.82. The van der Waals surface area contributed by atoms with Gasteiger partial charge in [-0.05, 0) is 29.8 Å². The molecule has 30 heavy (non-hydrogen) atoms. The average Bonchev–Trinajstić information content (AvgIpc) is 3.23. The topological polar surface area (TPSA) is 58.0 Å². The molecule has 1 aromatic heterocycles. The summed E-state index contributed by atoms with van der Waals surface area (Å²) in [5.74, 6) is 0.697. The van der Waals surface area contributed by atoms with E-state index in [0.29, 0.717) is 23.6 Å². The smallest absolute Gasteiger partial charge is 0.287 e. The molecule has 1 aliphatic rings. The van der Waals surface area contributed by atoms with Crippen molar-refractivity contribution in [3.63, 3.8) is 0 Å². The first-order chi connectivity index (χ1) is 14.7. The zero-order valence-corrected chi connectivity index (χ0v) is 17.7. The Balaban J connectivity index is 1.41. The minimum absolute atomic E-state index is 0.223. The van der Waals surface area contributed by atoms with Crippen molar-refractivity contribution in [1.29, 1.82) is 0 Å². The number of methoxy groups -OCH3 is 1. The van der Waals surface area contributed by atoms with Crippen LogP contribution >= 0.6 is 0 Å².